The van der Waals surface area contributed by atoms with Crippen molar-refractivity contribution in [3.8, 4) is 5.75 Å². The normalized spacial score (nSPS) is 16.7. The Morgan fingerprint density at radius 3 is 2.46 bits per heavy atom. The number of rotatable bonds is 5. The summed E-state index contributed by atoms with van der Waals surface area (Å²) in [5, 5.41) is 11.6. The molecule has 2 aromatic rings. The maximum absolute atomic E-state index is 12.4. The zero-order chi connectivity index (χ0) is 20.1. The Morgan fingerprint density at radius 2 is 1.86 bits per heavy atom. The fourth-order valence-corrected chi connectivity index (χ4v) is 3.64. The standard InChI is InChI=1S/C21H18ClNO4S/c1-3-27-21(25)18-19(24)17(12-13-4-10-16(26-2)11-5-13)28-20(18)23-15-8-6-14(22)7-9-15/h4-12,24H,3H2,1-2H3. The molecule has 144 valence electrons. The van der Waals surface area contributed by atoms with E-state index < -0.39 is 5.97 Å². The van der Waals surface area contributed by atoms with Gasteiger partial charge in [-0.25, -0.2) is 9.79 Å². The van der Waals surface area contributed by atoms with Crippen molar-refractivity contribution in [1.29, 1.82) is 0 Å². The first kappa shape index (κ1) is 20.0. The molecule has 1 aliphatic heterocycles. The summed E-state index contributed by atoms with van der Waals surface area (Å²) in [5.41, 5.74) is 1.53. The second-order valence-electron chi connectivity index (χ2n) is 5.72. The molecule has 28 heavy (non-hydrogen) atoms. The third kappa shape index (κ3) is 4.58. The van der Waals surface area contributed by atoms with Crippen LogP contribution in [0.15, 0.2) is 69.8 Å². The van der Waals surface area contributed by atoms with Gasteiger partial charge >= 0.3 is 5.97 Å². The van der Waals surface area contributed by atoms with E-state index in [9.17, 15) is 9.90 Å². The van der Waals surface area contributed by atoms with Crippen LogP contribution >= 0.6 is 23.4 Å². The molecule has 0 spiro atoms. The van der Waals surface area contributed by atoms with Crippen LogP contribution < -0.4 is 4.74 Å². The monoisotopic (exact) mass is 415 g/mol. The van der Waals surface area contributed by atoms with Crippen molar-refractivity contribution in [3.05, 3.63) is 75.4 Å². The number of hydrogen-bond donors (Lipinski definition) is 1. The lowest BCUT2D eigenvalue weighted by Crippen LogP contribution is -2.12. The highest BCUT2D eigenvalue weighted by molar-refractivity contribution is 8.18. The molecule has 1 N–H and O–H groups in total. The minimum atomic E-state index is -0.613. The number of aliphatic hydroxyl groups excluding tert-OH is 1. The fraction of sp³-hybridized carbons (Fsp3) is 0.143. The van der Waals surface area contributed by atoms with Gasteiger partial charge in [0.1, 0.15) is 22.1 Å². The number of nitrogens with zero attached hydrogens (tertiary/aromatic N) is 1. The van der Waals surface area contributed by atoms with Gasteiger partial charge in [-0.2, -0.15) is 0 Å². The summed E-state index contributed by atoms with van der Waals surface area (Å²) in [7, 11) is 1.60. The number of carbonyl (C=O) groups is 1. The summed E-state index contributed by atoms with van der Waals surface area (Å²) in [4.78, 5) is 17.4. The average Bonchev–Trinajstić information content (AvgIpc) is 2.99. The molecule has 0 aliphatic carbocycles. The van der Waals surface area contributed by atoms with Gasteiger partial charge in [-0.15, -0.1) is 0 Å². The Morgan fingerprint density at radius 1 is 1.18 bits per heavy atom. The largest absolute Gasteiger partial charge is 0.506 e. The van der Waals surface area contributed by atoms with Crippen molar-refractivity contribution in [3.63, 3.8) is 0 Å². The predicted octanol–water partition coefficient (Wildman–Crippen LogP) is 5.54. The van der Waals surface area contributed by atoms with Crippen molar-refractivity contribution in [2.45, 2.75) is 6.92 Å². The summed E-state index contributed by atoms with van der Waals surface area (Å²) in [5.74, 6) is -0.0245. The van der Waals surface area contributed by atoms with Gasteiger partial charge < -0.3 is 14.6 Å². The van der Waals surface area contributed by atoms with Crippen LogP contribution in [0.1, 0.15) is 12.5 Å². The molecule has 5 nitrogen and oxygen atoms in total. The molecular formula is C21H18ClNO4S. The van der Waals surface area contributed by atoms with E-state index in [4.69, 9.17) is 21.1 Å². The lowest BCUT2D eigenvalue weighted by molar-refractivity contribution is -0.138. The van der Waals surface area contributed by atoms with Crippen LogP contribution in [0, 0.1) is 0 Å². The molecule has 0 atom stereocenters. The number of thioether (sulfide) groups is 1. The fourth-order valence-electron chi connectivity index (χ4n) is 2.48. The molecule has 0 amide bonds. The van der Waals surface area contributed by atoms with Crippen molar-refractivity contribution in [2.75, 3.05) is 13.7 Å². The van der Waals surface area contributed by atoms with E-state index in [1.165, 1.54) is 11.8 Å². The van der Waals surface area contributed by atoms with E-state index in [0.29, 0.717) is 20.7 Å². The van der Waals surface area contributed by atoms with Gasteiger partial charge in [-0.1, -0.05) is 35.5 Å². The zero-order valence-corrected chi connectivity index (χ0v) is 16.9. The van der Waals surface area contributed by atoms with E-state index in [1.54, 1.807) is 44.4 Å². The molecule has 2 aromatic carbocycles. The number of halogens is 1. The van der Waals surface area contributed by atoms with Gasteiger partial charge in [0.2, 0.25) is 0 Å². The minimum Gasteiger partial charge on any atom is -0.506 e. The van der Waals surface area contributed by atoms with Gasteiger partial charge in [-0.05, 0) is 55.0 Å². The Balaban J connectivity index is 2.00. The summed E-state index contributed by atoms with van der Waals surface area (Å²) < 4.78 is 10.2. The number of carbonyl (C=O) groups excluding carboxylic acids is 1. The lowest BCUT2D eigenvalue weighted by Gasteiger charge is -2.03. The number of methoxy groups -OCH3 is 1. The highest BCUT2D eigenvalue weighted by atomic mass is 35.5. The van der Waals surface area contributed by atoms with Crippen molar-refractivity contribution >= 4 is 46.1 Å². The minimum absolute atomic E-state index is 0.0570. The summed E-state index contributed by atoms with van der Waals surface area (Å²) in [6.07, 6.45) is 1.78. The zero-order valence-electron chi connectivity index (χ0n) is 15.3. The van der Waals surface area contributed by atoms with Gasteiger partial charge in [-0.3, -0.25) is 0 Å². The highest BCUT2D eigenvalue weighted by Gasteiger charge is 2.33. The Bertz CT molecular complexity index is 963. The molecular weight excluding hydrogens is 398 g/mol. The molecule has 0 radical (unpaired) electrons. The first-order valence-corrected chi connectivity index (χ1v) is 9.70. The van der Waals surface area contributed by atoms with E-state index >= 15 is 0 Å². The number of esters is 1. The molecule has 0 fully saturated rings. The molecule has 1 heterocycles. The number of hydrogen-bond acceptors (Lipinski definition) is 6. The number of aliphatic hydroxyl groups is 1. The topological polar surface area (TPSA) is 68.1 Å². The molecule has 1 aliphatic rings. The van der Waals surface area contributed by atoms with Crippen molar-refractivity contribution in [1.82, 2.24) is 0 Å². The number of ether oxygens (including phenoxy) is 2. The van der Waals surface area contributed by atoms with E-state index in [-0.39, 0.29) is 17.9 Å². The van der Waals surface area contributed by atoms with Crippen LogP contribution in [0.4, 0.5) is 5.69 Å². The van der Waals surface area contributed by atoms with E-state index in [0.717, 1.165) is 11.3 Å². The Labute approximate surface area is 172 Å². The van der Waals surface area contributed by atoms with Crippen LogP contribution in [0.2, 0.25) is 5.02 Å². The van der Waals surface area contributed by atoms with E-state index in [2.05, 4.69) is 4.99 Å². The molecule has 0 bridgehead atoms. The Kier molecular flexibility index (Phi) is 6.44. The number of aliphatic imine (C=N–C) groups is 1. The lowest BCUT2D eigenvalue weighted by atomic mass is 10.1. The quantitative estimate of drug-likeness (QED) is 0.649. The third-order valence-corrected chi connectivity index (χ3v) is 5.11. The van der Waals surface area contributed by atoms with Crippen molar-refractivity contribution < 1.29 is 19.4 Å². The van der Waals surface area contributed by atoms with Crippen LogP contribution in [0.25, 0.3) is 6.08 Å². The molecule has 0 aromatic heterocycles. The third-order valence-electron chi connectivity index (χ3n) is 3.84. The van der Waals surface area contributed by atoms with Gasteiger partial charge in [0, 0.05) is 5.02 Å². The molecule has 3 rings (SSSR count). The van der Waals surface area contributed by atoms with Gasteiger partial charge in [0.15, 0.2) is 0 Å². The van der Waals surface area contributed by atoms with Gasteiger partial charge in [0.05, 0.1) is 24.3 Å². The first-order chi connectivity index (χ1) is 13.5. The van der Waals surface area contributed by atoms with Crippen molar-refractivity contribution in [2.24, 2.45) is 4.99 Å². The summed E-state index contributed by atoms with van der Waals surface area (Å²) in [6.45, 7) is 1.91. The van der Waals surface area contributed by atoms with Crippen LogP contribution in [0.3, 0.4) is 0 Å². The maximum Gasteiger partial charge on any atom is 0.344 e. The Hall–Kier alpha value is -2.70. The molecule has 0 saturated heterocycles. The second-order valence-corrected chi connectivity index (χ2v) is 7.19. The molecule has 0 saturated carbocycles. The predicted molar refractivity (Wildman–Crippen MR) is 113 cm³/mol. The molecule has 0 unspecified atom stereocenters. The highest BCUT2D eigenvalue weighted by Crippen LogP contribution is 2.40. The van der Waals surface area contributed by atoms with Crippen LogP contribution in [-0.2, 0) is 9.53 Å². The SMILES string of the molecule is CCOC(=O)C1=C(O)C(=Cc2ccc(OC)cc2)SC1=Nc1ccc(Cl)cc1. The van der Waals surface area contributed by atoms with Gasteiger partial charge in [0.25, 0.3) is 0 Å². The van der Waals surface area contributed by atoms with Crippen LogP contribution in [0.5, 0.6) is 5.75 Å². The van der Waals surface area contributed by atoms with Crippen LogP contribution in [-0.4, -0.2) is 29.8 Å². The smallest absolute Gasteiger partial charge is 0.344 e. The second kappa shape index (κ2) is 8.99. The number of benzene rings is 2. The summed E-state index contributed by atoms with van der Waals surface area (Å²) >= 11 is 7.12. The first-order valence-electron chi connectivity index (χ1n) is 8.50. The summed E-state index contributed by atoms with van der Waals surface area (Å²) in [6, 6.07) is 14.3. The maximum atomic E-state index is 12.4. The average molecular weight is 416 g/mol. The van der Waals surface area contributed by atoms with E-state index in [1.807, 2.05) is 24.3 Å². The molecule has 7 heteroatoms.